The zero-order chi connectivity index (χ0) is 21.8. The summed E-state index contributed by atoms with van der Waals surface area (Å²) in [7, 11) is 0. The Balaban J connectivity index is 1.27. The van der Waals surface area contributed by atoms with E-state index in [1.54, 1.807) is 18.2 Å². The molecule has 0 bridgehead atoms. The Morgan fingerprint density at radius 1 is 1.29 bits per heavy atom. The standard InChI is InChI=1S/C22H25FN4O3S/c1-14-10-27(11-15(2)29-14)12-16-13-31-22(25-16)26-20(28)7-8-21-24-9-19(30-21)17-5-3-4-6-18(17)23/h3-6,9,13-15H,7-8,10-12H2,1-2H3,(H,25,26,28)/t14-,15-/m1/s1. The lowest BCUT2D eigenvalue weighted by Crippen LogP contribution is -2.44. The fourth-order valence-corrected chi connectivity index (χ4v) is 4.41. The molecule has 0 radical (unpaired) electrons. The van der Waals surface area contributed by atoms with Crippen molar-refractivity contribution in [2.75, 3.05) is 18.4 Å². The van der Waals surface area contributed by atoms with E-state index in [1.807, 2.05) is 5.38 Å². The van der Waals surface area contributed by atoms with Crippen LogP contribution in [0.4, 0.5) is 9.52 Å². The number of rotatable bonds is 7. The van der Waals surface area contributed by atoms with Crippen molar-refractivity contribution < 1.29 is 18.3 Å². The molecule has 164 valence electrons. The Kier molecular flexibility index (Phi) is 6.74. The second kappa shape index (κ2) is 9.67. The predicted molar refractivity (Wildman–Crippen MR) is 116 cm³/mol. The molecule has 7 nitrogen and oxygen atoms in total. The summed E-state index contributed by atoms with van der Waals surface area (Å²) in [4.78, 5) is 23.3. The highest BCUT2D eigenvalue weighted by Gasteiger charge is 2.23. The molecule has 2 aromatic heterocycles. The zero-order valence-electron chi connectivity index (χ0n) is 17.5. The highest BCUT2D eigenvalue weighted by molar-refractivity contribution is 7.13. The number of anilines is 1. The summed E-state index contributed by atoms with van der Waals surface area (Å²) < 4.78 is 25.2. The lowest BCUT2D eigenvalue weighted by molar-refractivity contribution is -0.116. The maximum Gasteiger partial charge on any atom is 0.226 e. The molecular formula is C22H25FN4O3S. The van der Waals surface area contributed by atoms with E-state index in [-0.39, 0.29) is 30.4 Å². The van der Waals surface area contributed by atoms with Crippen LogP contribution in [0.5, 0.6) is 0 Å². The van der Waals surface area contributed by atoms with Crippen LogP contribution in [-0.4, -0.2) is 46.1 Å². The molecule has 0 unspecified atom stereocenters. The van der Waals surface area contributed by atoms with Gasteiger partial charge in [-0.2, -0.15) is 0 Å². The SMILES string of the molecule is C[C@@H]1CN(Cc2csc(NC(=O)CCc3ncc(-c4ccccc4F)o3)n2)C[C@@H](C)O1. The predicted octanol–water partition coefficient (Wildman–Crippen LogP) is 4.12. The van der Waals surface area contributed by atoms with E-state index < -0.39 is 0 Å². The number of aromatic nitrogens is 2. The van der Waals surface area contributed by atoms with Gasteiger partial charge < -0.3 is 14.5 Å². The van der Waals surface area contributed by atoms with Gasteiger partial charge in [-0.1, -0.05) is 12.1 Å². The second-order valence-electron chi connectivity index (χ2n) is 7.74. The summed E-state index contributed by atoms with van der Waals surface area (Å²) in [6.07, 6.45) is 2.41. The number of amides is 1. The molecule has 2 atom stereocenters. The van der Waals surface area contributed by atoms with Crippen molar-refractivity contribution in [2.24, 2.45) is 0 Å². The summed E-state index contributed by atoms with van der Waals surface area (Å²) in [5.41, 5.74) is 1.29. The molecule has 1 N–H and O–H groups in total. The topological polar surface area (TPSA) is 80.5 Å². The molecule has 31 heavy (non-hydrogen) atoms. The number of carbonyl (C=O) groups excluding carboxylic acids is 1. The average molecular weight is 445 g/mol. The minimum Gasteiger partial charge on any atom is -0.441 e. The normalized spacial score (nSPS) is 19.5. The Morgan fingerprint density at radius 2 is 2.06 bits per heavy atom. The van der Waals surface area contributed by atoms with Crippen LogP contribution in [0.1, 0.15) is 31.9 Å². The lowest BCUT2D eigenvalue weighted by atomic mass is 10.2. The van der Waals surface area contributed by atoms with E-state index >= 15 is 0 Å². The van der Waals surface area contributed by atoms with Crippen molar-refractivity contribution in [1.82, 2.24) is 14.9 Å². The number of halogens is 1. The van der Waals surface area contributed by atoms with Crippen LogP contribution >= 0.6 is 11.3 Å². The van der Waals surface area contributed by atoms with Gasteiger partial charge in [0.1, 0.15) is 5.82 Å². The van der Waals surface area contributed by atoms with E-state index in [2.05, 4.69) is 34.0 Å². The Bertz CT molecular complexity index is 1030. The quantitative estimate of drug-likeness (QED) is 0.591. The van der Waals surface area contributed by atoms with Gasteiger partial charge in [-0.25, -0.2) is 14.4 Å². The second-order valence-corrected chi connectivity index (χ2v) is 8.60. The molecule has 3 aromatic rings. The molecule has 1 amide bonds. The molecular weight excluding hydrogens is 419 g/mol. The smallest absolute Gasteiger partial charge is 0.226 e. The van der Waals surface area contributed by atoms with Crippen LogP contribution in [0.25, 0.3) is 11.3 Å². The summed E-state index contributed by atoms with van der Waals surface area (Å²) in [6, 6.07) is 6.35. The van der Waals surface area contributed by atoms with Crippen molar-refractivity contribution in [3.05, 3.63) is 53.2 Å². The summed E-state index contributed by atoms with van der Waals surface area (Å²) in [5.74, 6) is 0.206. The van der Waals surface area contributed by atoms with Gasteiger partial charge in [0, 0.05) is 37.9 Å². The zero-order valence-corrected chi connectivity index (χ0v) is 18.3. The van der Waals surface area contributed by atoms with E-state index in [9.17, 15) is 9.18 Å². The molecule has 0 spiro atoms. The first-order valence-corrected chi connectivity index (χ1v) is 11.2. The molecule has 9 heteroatoms. The molecule has 4 rings (SSSR count). The van der Waals surface area contributed by atoms with E-state index in [0.717, 1.165) is 25.3 Å². The molecule has 1 aliphatic heterocycles. The highest BCUT2D eigenvalue weighted by atomic mass is 32.1. The first-order valence-electron chi connectivity index (χ1n) is 10.3. The number of benzene rings is 1. The third-order valence-corrected chi connectivity index (χ3v) is 5.74. The molecule has 1 saturated heterocycles. The number of hydrogen-bond donors (Lipinski definition) is 1. The summed E-state index contributed by atoms with van der Waals surface area (Å²) >= 11 is 1.41. The number of thiazole rings is 1. The largest absolute Gasteiger partial charge is 0.441 e. The van der Waals surface area contributed by atoms with Crippen LogP contribution in [0.15, 0.2) is 40.3 Å². The number of carbonyl (C=O) groups is 1. The van der Waals surface area contributed by atoms with E-state index in [0.29, 0.717) is 28.8 Å². The van der Waals surface area contributed by atoms with Gasteiger partial charge in [-0.15, -0.1) is 11.3 Å². The number of oxazole rings is 1. The third-order valence-electron chi connectivity index (χ3n) is 4.94. The first-order chi connectivity index (χ1) is 15.0. The maximum atomic E-state index is 13.9. The van der Waals surface area contributed by atoms with Crippen molar-refractivity contribution in [3.63, 3.8) is 0 Å². The number of morpholine rings is 1. The van der Waals surface area contributed by atoms with Gasteiger partial charge in [0.05, 0.1) is 29.7 Å². The van der Waals surface area contributed by atoms with Crippen molar-refractivity contribution >= 4 is 22.4 Å². The minimum absolute atomic E-state index is 0.167. The van der Waals surface area contributed by atoms with Gasteiger partial charge in [0.15, 0.2) is 16.8 Å². The van der Waals surface area contributed by atoms with E-state index in [1.165, 1.54) is 23.6 Å². The lowest BCUT2D eigenvalue weighted by Gasteiger charge is -2.34. The number of hydrogen-bond acceptors (Lipinski definition) is 7. The third kappa shape index (κ3) is 5.75. The van der Waals surface area contributed by atoms with Gasteiger partial charge in [0.25, 0.3) is 0 Å². The maximum absolute atomic E-state index is 13.9. The average Bonchev–Trinajstić information content (AvgIpc) is 3.35. The van der Waals surface area contributed by atoms with Gasteiger partial charge in [-0.3, -0.25) is 9.69 Å². The van der Waals surface area contributed by atoms with Gasteiger partial charge >= 0.3 is 0 Å². The number of nitrogens with zero attached hydrogens (tertiary/aromatic N) is 3. The van der Waals surface area contributed by atoms with Gasteiger partial charge in [-0.05, 0) is 26.0 Å². The summed E-state index contributed by atoms with van der Waals surface area (Å²) in [6.45, 7) is 6.62. The van der Waals surface area contributed by atoms with Crippen molar-refractivity contribution in [3.8, 4) is 11.3 Å². The molecule has 3 heterocycles. The van der Waals surface area contributed by atoms with Crippen LogP contribution in [0, 0.1) is 5.82 Å². The number of nitrogens with one attached hydrogen (secondary N) is 1. The van der Waals surface area contributed by atoms with Crippen LogP contribution in [0.3, 0.4) is 0 Å². The molecule has 1 aromatic carbocycles. The van der Waals surface area contributed by atoms with Crippen LogP contribution in [-0.2, 0) is 22.5 Å². The molecule has 0 saturated carbocycles. The highest BCUT2D eigenvalue weighted by Crippen LogP contribution is 2.24. The molecule has 1 aliphatic rings. The molecule has 0 aliphatic carbocycles. The number of ether oxygens (including phenoxy) is 1. The van der Waals surface area contributed by atoms with E-state index in [4.69, 9.17) is 9.15 Å². The van der Waals surface area contributed by atoms with Gasteiger partial charge in [0.2, 0.25) is 5.91 Å². The Labute approximate surface area is 184 Å². The van der Waals surface area contributed by atoms with Crippen molar-refractivity contribution in [2.45, 2.75) is 45.4 Å². The van der Waals surface area contributed by atoms with Crippen LogP contribution in [0.2, 0.25) is 0 Å². The Morgan fingerprint density at radius 3 is 2.84 bits per heavy atom. The fourth-order valence-electron chi connectivity index (χ4n) is 3.69. The molecule has 1 fully saturated rings. The van der Waals surface area contributed by atoms with Crippen LogP contribution < -0.4 is 5.32 Å². The monoisotopic (exact) mass is 444 g/mol. The van der Waals surface area contributed by atoms with Crippen molar-refractivity contribution in [1.29, 1.82) is 0 Å². The summed E-state index contributed by atoms with van der Waals surface area (Å²) in [5, 5.41) is 5.38. The first kappa shape index (κ1) is 21.6. The Hall–Kier alpha value is -2.62. The number of aryl methyl sites for hydroxylation is 1. The minimum atomic E-state index is -0.372. The fraction of sp³-hybridized carbons (Fsp3) is 0.409.